The van der Waals surface area contributed by atoms with Crippen LogP contribution in [0, 0.1) is 0 Å². The van der Waals surface area contributed by atoms with Crippen LogP contribution in [0.15, 0.2) is 0 Å². The number of nitrogens with two attached hydrogens (primary N) is 1. The number of hydrogen-bond acceptors (Lipinski definition) is 3. The Labute approximate surface area is 73.9 Å². The van der Waals surface area contributed by atoms with Crippen LogP contribution in [0.2, 0.25) is 0 Å². The lowest BCUT2D eigenvalue weighted by Gasteiger charge is -2.14. The molecule has 0 aromatic heterocycles. The normalized spacial score (nSPS) is 16.4. The van der Waals surface area contributed by atoms with Gasteiger partial charge in [0, 0.05) is 25.0 Å². The summed E-state index contributed by atoms with van der Waals surface area (Å²) >= 11 is 1.92. The average Bonchev–Trinajstić information content (AvgIpc) is 1.97. The molecular weight excluding hydrogens is 158 g/mol. The van der Waals surface area contributed by atoms with E-state index in [4.69, 9.17) is 10.5 Å². The van der Waals surface area contributed by atoms with Gasteiger partial charge in [-0.25, -0.2) is 0 Å². The molecule has 0 rings (SSSR count). The Hall–Kier alpha value is 0.270. The molecule has 0 saturated heterocycles. The lowest BCUT2D eigenvalue weighted by atomic mass is 10.3. The topological polar surface area (TPSA) is 35.2 Å². The Bertz CT molecular complexity index is 88.2. The standard InChI is InChI=1S/C8H19NOS/c1-7(9)8(2)11-6-4-5-10-3/h7-8H,4-6,9H2,1-3H3. The van der Waals surface area contributed by atoms with Crippen LogP contribution in [0.1, 0.15) is 20.3 Å². The number of methoxy groups -OCH3 is 1. The van der Waals surface area contributed by atoms with Crippen molar-refractivity contribution < 1.29 is 4.74 Å². The molecule has 0 aromatic carbocycles. The average molecular weight is 177 g/mol. The smallest absolute Gasteiger partial charge is 0.0470 e. The second-order valence-corrected chi connectivity index (χ2v) is 4.27. The van der Waals surface area contributed by atoms with Crippen LogP contribution in [0.5, 0.6) is 0 Å². The van der Waals surface area contributed by atoms with Crippen LogP contribution in [-0.4, -0.2) is 30.8 Å². The van der Waals surface area contributed by atoms with Crippen molar-refractivity contribution in [3.8, 4) is 0 Å². The Morgan fingerprint density at radius 2 is 2.09 bits per heavy atom. The summed E-state index contributed by atoms with van der Waals surface area (Å²) in [7, 11) is 1.74. The van der Waals surface area contributed by atoms with Gasteiger partial charge in [-0.3, -0.25) is 0 Å². The van der Waals surface area contributed by atoms with E-state index in [2.05, 4.69) is 6.92 Å². The second kappa shape index (κ2) is 6.95. The molecule has 0 aliphatic carbocycles. The summed E-state index contributed by atoms with van der Waals surface area (Å²) in [4.78, 5) is 0. The fourth-order valence-corrected chi connectivity index (χ4v) is 1.58. The molecule has 2 atom stereocenters. The Morgan fingerprint density at radius 1 is 1.45 bits per heavy atom. The van der Waals surface area contributed by atoms with Crippen LogP contribution in [-0.2, 0) is 4.74 Å². The Balaban J connectivity index is 3.10. The van der Waals surface area contributed by atoms with Gasteiger partial charge in [-0.2, -0.15) is 11.8 Å². The van der Waals surface area contributed by atoms with Crippen LogP contribution in [0.3, 0.4) is 0 Å². The van der Waals surface area contributed by atoms with Crippen molar-refractivity contribution in [1.29, 1.82) is 0 Å². The van der Waals surface area contributed by atoms with Crippen molar-refractivity contribution in [3.63, 3.8) is 0 Å². The van der Waals surface area contributed by atoms with Gasteiger partial charge in [-0.05, 0) is 19.1 Å². The molecule has 2 unspecified atom stereocenters. The molecule has 2 N–H and O–H groups in total. The van der Waals surface area contributed by atoms with Gasteiger partial charge >= 0.3 is 0 Å². The zero-order valence-electron chi connectivity index (χ0n) is 7.67. The van der Waals surface area contributed by atoms with Crippen molar-refractivity contribution in [2.24, 2.45) is 5.73 Å². The third-order valence-corrected chi connectivity index (χ3v) is 3.09. The Kier molecular flexibility index (Phi) is 7.12. The molecule has 11 heavy (non-hydrogen) atoms. The monoisotopic (exact) mass is 177 g/mol. The van der Waals surface area contributed by atoms with E-state index in [9.17, 15) is 0 Å². The minimum absolute atomic E-state index is 0.294. The summed E-state index contributed by atoms with van der Waals surface area (Å²) < 4.78 is 4.94. The van der Waals surface area contributed by atoms with Gasteiger partial charge in [0.05, 0.1) is 0 Å². The van der Waals surface area contributed by atoms with Gasteiger partial charge in [0.25, 0.3) is 0 Å². The first-order valence-corrected chi connectivity index (χ1v) is 5.09. The highest BCUT2D eigenvalue weighted by Crippen LogP contribution is 2.13. The largest absolute Gasteiger partial charge is 0.385 e. The van der Waals surface area contributed by atoms with Crippen molar-refractivity contribution in [3.05, 3.63) is 0 Å². The van der Waals surface area contributed by atoms with Gasteiger partial charge < -0.3 is 10.5 Å². The zero-order chi connectivity index (χ0) is 8.69. The van der Waals surface area contributed by atoms with E-state index in [1.165, 1.54) is 0 Å². The number of hydrogen-bond donors (Lipinski definition) is 1. The third kappa shape index (κ3) is 6.66. The molecule has 3 heteroatoms. The molecule has 2 nitrogen and oxygen atoms in total. The molecule has 0 aliphatic rings. The summed E-state index contributed by atoms with van der Waals surface area (Å²) in [6, 6.07) is 0.294. The van der Waals surface area contributed by atoms with E-state index in [-0.39, 0.29) is 0 Å². The summed E-state index contributed by atoms with van der Waals surface area (Å²) in [6.07, 6.45) is 1.12. The molecule has 0 spiro atoms. The number of rotatable bonds is 6. The molecule has 0 fully saturated rings. The van der Waals surface area contributed by atoms with Gasteiger partial charge in [0.15, 0.2) is 0 Å². The molecule has 0 radical (unpaired) electrons. The third-order valence-electron chi connectivity index (χ3n) is 1.61. The summed E-state index contributed by atoms with van der Waals surface area (Å²) in [5.74, 6) is 1.15. The highest BCUT2D eigenvalue weighted by Gasteiger charge is 2.06. The first-order valence-electron chi connectivity index (χ1n) is 4.04. The highest BCUT2D eigenvalue weighted by atomic mass is 32.2. The first-order chi connectivity index (χ1) is 5.18. The number of thioether (sulfide) groups is 1. The molecule has 68 valence electrons. The van der Waals surface area contributed by atoms with Gasteiger partial charge in [0.2, 0.25) is 0 Å². The summed E-state index contributed by atoms with van der Waals surface area (Å²) in [5, 5.41) is 0.562. The number of ether oxygens (including phenoxy) is 1. The maximum Gasteiger partial charge on any atom is 0.0470 e. The highest BCUT2D eigenvalue weighted by molar-refractivity contribution is 7.99. The predicted octanol–water partition coefficient (Wildman–Crippen LogP) is 1.49. The van der Waals surface area contributed by atoms with Crippen molar-refractivity contribution in [2.75, 3.05) is 19.5 Å². The van der Waals surface area contributed by atoms with Crippen LogP contribution >= 0.6 is 11.8 Å². The van der Waals surface area contributed by atoms with E-state index in [1.54, 1.807) is 7.11 Å². The lowest BCUT2D eigenvalue weighted by Crippen LogP contribution is -2.26. The van der Waals surface area contributed by atoms with Crippen molar-refractivity contribution >= 4 is 11.8 Å². The first kappa shape index (κ1) is 11.3. The molecule has 0 bridgehead atoms. The van der Waals surface area contributed by atoms with E-state index in [0.717, 1.165) is 18.8 Å². The maximum atomic E-state index is 5.70. The van der Waals surface area contributed by atoms with Crippen LogP contribution in [0.4, 0.5) is 0 Å². The van der Waals surface area contributed by atoms with E-state index < -0.39 is 0 Å². The fraction of sp³-hybridized carbons (Fsp3) is 1.00. The van der Waals surface area contributed by atoms with E-state index >= 15 is 0 Å². The maximum absolute atomic E-state index is 5.70. The second-order valence-electron chi connectivity index (χ2n) is 2.78. The zero-order valence-corrected chi connectivity index (χ0v) is 8.49. The van der Waals surface area contributed by atoms with Crippen LogP contribution in [0.25, 0.3) is 0 Å². The van der Waals surface area contributed by atoms with Gasteiger partial charge in [-0.15, -0.1) is 0 Å². The van der Waals surface area contributed by atoms with Crippen LogP contribution < -0.4 is 5.73 Å². The van der Waals surface area contributed by atoms with E-state index in [0.29, 0.717) is 11.3 Å². The molecule has 0 amide bonds. The van der Waals surface area contributed by atoms with Gasteiger partial charge in [0.1, 0.15) is 0 Å². The SMILES string of the molecule is COCCCSC(C)C(C)N. The predicted molar refractivity (Wildman–Crippen MR) is 52.1 cm³/mol. The fourth-order valence-electron chi connectivity index (χ4n) is 0.624. The van der Waals surface area contributed by atoms with Crippen molar-refractivity contribution in [2.45, 2.75) is 31.6 Å². The van der Waals surface area contributed by atoms with Crippen molar-refractivity contribution in [1.82, 2.24) is 0 Å². The minimum Gasteiger partial charge on any atom is -0.385 e. The molecule has 0 saturated carbocycles. The minimum atomic E-state index is 0.294. The Morgan fingerprint density at radius 3 is 2.55 bits per heavy atom. The quantitative estimate of drug-likeness (QED) is 0.624. The summed E-state index contributed by atoms with van der Waals surface area (Å²) in [6.45, 7) is 5.08. The summed E-state index contributed by atoms with van der Waals surface area (Å²) in [5.41, 5.74) is 5.70. The molecular formula is C8H19NOS. The van der Waals surface area contributed by atoms with E-state index in [1.807, 2.05) is 18.7 Å². The molecule has 0 aliphatic heterocycles. The van der Waals surface area contributed by atoms with Gasteiger partial charge in [-0.1, -0.05) is 6.92 Å². The molecule has 0 aromatic rings. The molecule has 0 heterocycles. The lowest BCUT2D eigenvalue weighted by molar-refractivity contribution is 0.200.